The van der Waals surface area contributed by atoms with E-state index in [1.54, 1.807) is 0 Å². The van der Waals surface area contributed by atoms with Crippen molar-refractivity contribution in [2.75, 3.05) is 26.2 Å². The summed E-state index contributed by atoms with van der Waals surface area (Å²) in [4.78, 5) is 2.61. The number of hydrogen-bond acceptors (Lipinski definition) is 2. The standard InChI is InChI=1S/C14H30N2/c1-3-9-14(4-2)15-10-5-6-11-16-12-7-8-13-16/h14-15H,3-13H2,1-2H3. The van der Waals surface area contributed by atoms with E-state index in [1.807, 2.05) is 0 Å². The zero-order valence-corrected chi connectivity index (χ0v) is 11.3. The van der Waals surface area contributed by atoms with E-state index in [1.165, 1.54) is 71.1 Å². The van der Waals surface area contributed by atoms with Gasteiger partial charge in [0.15, 0.2) is 0 Å². The molecule has 0 bridgehead atoms. The van der Waals surface area contributed by atoms with Gasteiger partial charge in [-0.3, -0.25) is 0 Å². The Bertz CT molecular complexity index is 153. The van der Waals surface area contributed by atoms with E-state index >= 15 is 0 Å². The van der Waals surface area contributed by atoms with E-state index in [0.717, 1.165) is 6.04 Å². The van der Waals surface area contributed by atoms with E-state index in [2.05, 4.69) is 24.1 Å². The van der Waals surface area contributed by atoms with Crippen molar-refractivity contribution in [1.82, 2.24) is 10.2 Å². The van der Waals surface area contributed by atoms with Gasteiger partial charge in [0, 0.05) is 6.04 Å². The number of rotatable bonds is 9. The molecule has 1 fully saturated rings. The van der Waals surface area contributed by atoms with Crippen LogP contribution >= 0.6 is 0 Å². The normalized spacial score (nSPS) is 19.1. The predicted molar refractivity (Wildman–Crippen MR) is 71.9 cm³/mol. The monoisotopic (exact) mass is 226 g/mol. The Kier molecular flexibility index (Phi) is 7.87. The molecule has 2 heteroatoms. The molecule has 0 spiro atoms. The van der Waals surface area contributed by atoms with Crippen molar-refractivity contribution in [2.24, 2.45) is 0 Å². The first-order valence-corrected chi connectivity index (χ1v) is 7.32. The quantitative estimate of drug-likeness (QED) is 0.608. The number of unbranched alkanes of at least 4 members (excludes halogenated alkanes) is 1. The molecule has 1 heterocycles. The summed E-state index contributed by atoms with van der Waals surface area (Å²) in [7, 11) is 0. The van der Waals surface area contributed by atoms with Crippen molar-refractivity contribution < 1.29 is 0 Å². The Morgan fingerprint density at radius 3 is 2.50 bits per heavy atom. The summed E-state index contributed by atoms with van der Waals surface area (Å²) in [6.07, 6.45) is 9.48. The second kappa shape index (κ2) is 9.00. The maximum atomic E-state index is 3.68. The minimum atomic E-state index is 0.761. The van der Waals surface area contributed by atoms with Crippen molar-refractivity contribution >= 4 is 0 Å². The summed E-state index contributed by atoms with van der Waals surface area (Å²) in [5.41, 5.74) is 0. The molecule has 16 heavy (non-hydrogen) atoms. The van der Waals surface area contributed by atoms with Gasteiger partial charge in [-0.15, -0.1) is 0 Å². The van der Waals surface area contributed by atoms with Gasteiger partial charge in [0.25, 0.3) is 0 Å². The van der Waals surface area contributed by atoms with Gasteiger partial charge in [0.2, 0.25) is 0 Å². The fourth-order valence-electron chi connectivity index (χ4n) is 2.57. The first kappa shape index (κ1) is 14.0. The van der Waals surface area contributed by atoms with Gasteiger partial charge in [0.1, 0.15) is 0 Å². The van der Waals surface area contributed by atoms with Crippen molar-refractivity contribution in [3.05, 3.63) is 0 Å². The highest BCUT2D eigenvalue weighted by molar-refractivity contribution is 4.67. The lowest BCUT2D eigenvalue weighted by molar-refractivity contribution is 0.326. The van der Waals surface area contributed by atoms with E-state index in [-0.39, 0.29) is 0 Å². The Morgan fingerprint density at radius 2 is 1.88 bits per heavy atom. The van der Waals surface area contributed by atoms with Gasteiger partial charge in [-0.05, 0) is 64.7 Å². The Hall–Kier alpha value is -0.0800. The van der Waals surface area contributed by atoms with Crippen LogP contribution in [0.2, 0.25) is 0 Å². The van der Waals surface area contributed by atoms with Crippen molar-refractivity contribution in [1.29, 1.82) is 0 Å². The van der Waals surface area contributed by atoms with Crippen LogP contribution in [0, 0.1) is 0 Å². The largest absolute Gasteiger partial charge is 0.314 e. The van der Waals surface area contributed by atoms with Crippen LogP contribution in [-0.2, 0) is 0 Å². The highest BCUT2D eigenvalue weighted by atomic mass is 15.1. The molecule has 1 unspecified atom stereocenters. The predicted octanol–water partition coefficient (Wildman–Crippen LogP) is 3.03. The molecule has 0 aromatic heterocycles. The lowest BCUT2D eigenvalue weighted by atomic mass is 10.1. The third kappa shape index (κ3) is 5.86. The lowest BCUT2D eigenvalue weighted by Gasteiger charge is -2.17. The van der Waals surface area contributed by atoms with Gasteiger partial charge in [0.05, 0.1) is 0 Å². The van der Waals surface area contributed by atoms with Gasteiger partial charge < -0.3 is 10.2 Å². The molecule has 0 amide bonds. The molecular formula is C14H30N2. The summed E-state index contributed by atoms with van der Waals surface area (Å²) in [6.45, 7) is 9.80. The summed E-state index contributed by atoms with van der Waals surface area (Å²) >= 11 is 0. The average Bonchev–Trinajstić information content (AvgIpc) is 2.80. The maximum Gasteiger partial charge on any atom is 0.00643 e. The fourth-order valence-corrected chi connectivity index (χ4v) is 2.57. The third-order valence-corrected chi connectivity index (χ3v) is 3.66. The zero-order chi connectivity index (χ0) is 11.6. The molecule has 0 aromatic carbocycles. The summed E-state index contributed by atoms with van der Waals surface area (Å²) in [5, 5.41) is 3.68. The van der Waals surface area contributed by atoms with Crippen LogP contribution in [0.4, 0.5) is 0 Å². The molecule has 1 rings (SSSR count). The van der Waals surface area contributed by atoms with Crippen molar-refractivity contribution in [3.8, 4) is 0 Å². The summed E-state index contributed by atoms with van der Waals surface area (Å²) < 4.78 is 0. The minimum absolute atomic E-state index is 0.761. The number of nitrogens with zero attached hydrogens (tertiary/aromatic N) is 1. The molecule has 0 aromatic rings. The van der Waals surface area contributed by atoms with E-state index in [9.17, 15) is 0 Å². The Balaban J connectivity index is 1.89. The van der Waals surface area contributed by atoms with Crippen LogP contribution < -0.4 is 5.32 Å². The molecule has 0 radical (unpaired) electrons. The van der Waals surface area contributed by atoms with E-state index in [4.69, 9.17) is 0 Å². The lowest BCUT2D eigenvalue weighted by Crippen LogP contribution is -2.29. The third-order valence-electron chi connectivity index (χ3n) is 3.66. The molecule has 1 aliphatic heterocycles. The molecule has 1 saturated heterocycles. The highest BCUT2D eigenvalue weighted by Crippen LogP contribution is 2.08. The van der Waals surface area contributed by atoms with Gasteiger partial charge in [-0.1, -0.05) is 20.3 Å². The van der Waals surface area contributed by atoms with Crippen LogP contribution in [0.1, 0.15) is 58.8 Å². The van der Waals surface area contributed by atoms with Crippen LogP contribution in [-0.4, -0.2) is 37.1 Å². The highest BCUT2D eigenvalue weighted by Gasteiger charge is 2.10. The van der Waals surface area contributed by atoms with Crippen LogP contribution in [0.3, 0.4) is 0 Å². The molecular weight excluding hydrogens is 196 g/mol. The summed E-state index contributed by atoms with van der Waals surface area (Å²) in [5.74, 6) is 0. The van der Waals surface area contributed by atoms with Crippen LogP contribution in [0.5, 0.6) is 0 Å². The van der Waals surface area contributed by atoms with Gasteiger partial charge in [-0.25, -0.2) is 0 Å². The van der Waals surface area contributed by atoms with Crippen molar-refractivity contribution in [3.63, 3.8) is 0 Å². The molecule has 1 atom stereocenters. The van der Waals surface area contributed by atoms with Crippen molar-refractivity contribution in [2.45, 2.75) is 64.8 Å². The number of hydrogen-bond donors (Lipinski definition) is 1. The average molecular weight is 226 g/mol. The minimum Gasteiger partial charge on any atom is -0.314 e. The Morgan fingerprint density at radius 1 is 1.12 bits per heavy atom. The SMILES string of the molecule is CCCC(CC)NCCCCN1CCCC1. The number of nitrogens with one attached hydrogen (secondary N) is 1. The fraction of sp³-hybridized carbons (Fsp3) is 1.00. The topological polar surface area (TPSA) is 15.3 Å². The van der Waals surface area contributed by atoms with Crippen LogP contribution in [0.15, 0.2) is 0 Å². The second-order valence-corrected chi connectivity index (χ2v) is 5.10. The van der Waals surface area contributed by atoms with Crippen LogP contribution in [0.25, 0.3) is 0 Å². The molecule has 0 aliphatic carbocycles. The van der Waals surface area contributed by atoms with Gasteiger partial charge in [-0.2, -0.15) is 0 Å². The van der Waals surface area contributed by atoms with E-state index in [0.29, 0.717) is 0 Å². The van der Waals surface area contributed by atoms with Gasteiger partial charge >= 0.3 is 0 Å². The summed E-state index contributed by atoms with van der Waals surface area (Å²) in [6, 6.07) is 0.761. The van der Waals surface area contributed by atoms with E-state index < -0.39 is 0 Å². The Labute approximate surface area is 102 Å². The molecule has 1 N–H and O–H groups in total. The maximum absolute atomic E-state index is 3.68. The smallest absolute Gasteiger partial charge is 0.00643 e. The molecule has 1 aliphatic rings. The first-order valence-electron chi connectivity index (χ1n) is 7.32. The molecule has 96 valence electrons. The number of likely N-dealkylation sites (tertiary alicyclic amines) is 1. The molecule has 2 nitrogen and oxygen atoms in total. The molecule has 0 saturated carbocycles. The zero-order valence-electron chi connectivity index (χ0n) is 11.3. The first-order chi connectivity index (χ1) is 7.86. The second-order valence-electron chi connectivity index (χ2n) is 5.10.